The van der Waals surface area contributed by atoms with Gasteiger partial charge in [-0.1, -0.05) is 24.8 Å². The highest BCUT2D eigenvalue weighted by Crippen LogP contribution is 2.16. The maximum absolute atomic E-state index is 13.7. The summed E-state index contributed by atoms with van der Waals surface area (Å²) in [6, 6.07) is 12.8. The highest BCUT2D eigenvalue weighted by atomic mass is 19.1. The van der Waals surface area contributed by atoms with Crippen LogP contribution in [0.2, 0.25) is 0 Å². The van der Waals surface area contributed by atoms with Crippen molar-refractivity contribution in [2.75, 3.05) is 5.32 Å². The number of rotatable bonds is 6. The summed E-state index contributed by atoms with van der Waals surface area (Å²) in [5, 5.41) is 14.1. The maximum Gasteiger partial charge on any atom is 0.247 e. The van der Waals surface area contributed by atoms with Gasteiger partial charge in [0.2, 0.25) is 11.8 Å². The lowest BCUT2D eigenvalue weighted by atomic mass is 10.1. The van der Waals surface area contributed by atoms with Gasteiger partial charge < -0.3 is 10.6 Å². The number of nitrogens with zero attached hydrogens (tertiary/aromatic N) is 1. The van der Waals surface area contributed by atoms with E-state index in [-0.39, 0.29) is 30.3 Å². The van der Waals surface area contributed by atoms with E-state index in [1.165, 1.54) is 18.2 Å². The molecule has 2 N–H and O–H groups in total. The molecule has 0 aromatic heterocycles. The van der Waals surface area contributed by atoms with Gasteiger partial charge in [-0.3, -0.25) is 9.59 Å². The summed E-state index contributed by atoms with van der Waals surface area (Å²) in [5.41, 5.74) is 1.70. The number of anilines is 1. The second-order valence-electron chi connectivity index (χ2n) is 5.22. The first-order chi connectivity index (χ1) is 12.0. The molecule has 0 atom stereocenters. The van der Waals surface area contributed by atoms with Crippen molar-refractivity contribution >= 4 is 17.5 Å². The van der Waals surface area contributed by atoms with Crippen LogP contribution in [0.25, 0.3) is 0 Å². The predicted octanol–water partition coefficient (Wildman–Crippen LogP) is 2.68. The number of carbonyl (C=O) groups is 2. The Labute approximate surface area is 144 Å². The monoisotopic (exact) mass is 337 g/mol. The zero-order valence-corrected chi connectivity index (χ0v) is 13.4. The van der Waals surface area contributed by atoms with E-state index in [4.69, 9.17) is 5.26 Å². The lowest BCUT2D eigenvalue weighted by Crippen LogP contribution is -2.25. The molecule has 0 bridgehead atoms. The number of hydrogen-bond donors (Lipinski definition) is 2. The Morgan fingerprint density at radius 2 is 1.96 bits per heavy atom. The maximum atomic E-state index is 13.7. The Hall–Kier alpha value is -3.46. The molecule has 5 nitrogen and oxygen atoms in total. The third-order valence-electron chi connectivity index (χ3n) is 3.46. The molecule has 0 fully saturated rings. The van der Waals surface area contributed by atoms with Crippen LogP contribution in [0.3, 0.4) is 0 Å². The van der Waals surface area contributed by atoms with Crippen LogP contribution in [-0.4, -0.2) is 11.8 Å². The molecule has 0 heterocycles. The van der Waals surface area contributed by atoms with E-state index < -0.39 is 5.82 Å². The van der Waals surface area contributed by atoms with Gasteiger partial charge in [0.1, 0.15) is 5.82 Å². The topological polar surface area (TPSA) is 82.0 Å². The molecule has 0 saturated heterocycles. The normalized spacial score (nSPS) is 9.76. The summed E-state index contributed by atoms with van der Waals surface area (Å²) in [6.07, 6.45) is 1.16. The third-order valence-corrected chi connectivity index (χ3v) is 3.46. The van der Waals surface area contributed by atoms with Crippen molar-refractivity contribution < 1.29 is 14.0 Å². The fourth-order valence-corrected chi connectivity index (χ4v) is 2.19. The molecular weight excluding hydrogens is 321 g/mol. The number of halogens is 1. The minimum absolute atomic E-state index is 0.0210. The van der Waals surface area contributed by atoms with Crippen molar-refractivity contribution in [3.8, 4) is 6.07 Å². The first-order valence-electron chi connectivity index (χ1n) is 7.50. The average molecular weight is 337 g/mol. The first kappa shape index (κ1) is 17.9. The molecule has 6 heteroatoms. The van der Waals surface area contributed by atoms with Crippen molar-refractivity contribution in [2.45, 2.75) is 13.0 Å². The van der Waals surface area contributed by atoms with Crippen molar-refractivity contribution in [1.29, 1.82) is 5.26 Å². The smallest absolute Gasteiger partial charge is 0.247 e. The molecule has 0 radical (unpaired) electrons. The van der Waals surface area contributed by atoms with Gasteiger partial charge in [0.05, 0.1) is 18.1 Å². The molecule has 2 aromatic carbocycles. The number of nitrogens with one attached hydrogen (secondary N) is 2. The van der Waals surface area contributed by atoms with Crippen LogP contribution in [-0.2, 0) is 22.6 Å². The van der Waals surface area contributed by atoms with Crippen LogP contribution < -0.4 is 10.6 Å². The van der Waals surface area contributed by atoms with Crippen LogP contribution >= 0.6 is 0 Å². The van der Waals surface area contributed by atoms with Gasteiger partial charge in [0, 0.05) is 17.8 Å². The number of benzene rings is 2. The number of amides is 2. The highest BCUT2D eigenvalue weighted by molar-refractivity contribution is 5.99. The molecule has 126 valence electrons. The van der Waals surface area contributed by atoms with Crippen molar-refractivity contribution in [3.05, 3.63) is 77.6 Å². The van der Waals surface area contributed by atoms with E-state index in [9.17, 15) is 14.0 Å². The van der Waals surface area contributed by atoms with E-state index in [0.29, 0.717) is 16.8 Å². The van der Waals surface area contributed by atoms with Gasteiger partial charge in [0.15, 0.2) is 0 Å². The summed E-state index contributed by atoms with van der Waals surface area (Å²) in [6.45, 7) is 3.36. The summed E-state index contributed by atoms with van der Waals surface area (Å²) >= 11 is 0. The fraction of sp³-hybridized carbons (Fsp3) is 0.105. The van der Waals surface area contributed by atoms with Crippen molar-refractivity contribution in [2.24, 2.45) is 0 Å². The van der Waals surface area contributed by atoms with E-state index in [1.54, 1.807) is 24.3 Å². The Morgan fingerprint density at radius 3 is 2.68 bits per heavy atom. The van der Waals surface area contributed by atoms with Crippen LogP contribution in [0.1, 0.15) is 16.7 Å². The van der Waals surface area contributed by atoms with Gasteiger partial charge in [-0.05, 0) is 35.9 Å². The molecule has 0 aliphatic carbocycles. The van der Waals surface area contributed by atoms with Crippen molar-refractivity contribution in [3.63, 3.8) is 0 Å². The molecule has 0 saturated carbocycles. The van der Waals surface area contributed by atoms with E-state index in [1.807, 2.05) is 6.07 Å². The molecule has 2 rings (SSSR count). The molecule has 25 heavy (non-hydrogen) atoms. The lowest BCUT2D eigenvalue weighted by molar-refractivity contribution is -0.120. The largest absolute Gasteiger partial charge is 0.352 e. The van der Waals surface area contributed by atoms with Gasteiger partial charge in [-0.25, -0.2) is 4.39 Å². The van der Waals surface area contributed by atoms with Crippen LogP contribution in [0.5, 0.6) is 0 Å². The zero-order valence-electron chi connectivity index (χ0n) is 13.4. The Morgan fingerprint density at radius 1 is 1.20 bits per heavy atom. The van der Waals surface area contributed by atoms with Crippen LogP contribution in [0, 0.1) is 17.1 Å². The number of carbonyl (C=O) groups excluding carboxylic acids is 2. The second kappa shape index (κ2) is 8.41. The number of hydrogen-bond acceptors (Lipinski definition) is 3. The van der Waals surface area contributed by atoms with E-state index >= 15 is 0 Å². The van der Waals surface area contributed by atoms with Crippen molar-refractivity contribution in [1.82, 2.24) is 5.32 Å². The molecular formula is C19H16FN3O2. The van der Waals surface area contributed by atoms with Gasteiger partial charge in [-0.2, -0.15) is 5.26 Å². The first-order valence-corrected chi connectivity index (χ1v) is 7.50. The van der Waals surface area contributed by atoms with Gasteiger partial charge in [-0.15, -0.1) is 0 Å². The molecule has 0 aliphatic heterocycles. The van der Waals surface area contributed by atoms with Crippen LogP contribution in [0.4, 0.5) is 10.1 Å². The second-order valence-corrected chi connectivity index (χ2v) is 5.22. The zero-order chi connectivity index (χ0) is 18.2. The minimum Gasteiger partial charge on any atom is -0.352 e. The summed E-state index contributed by atoms with van der Waals surface area (Å²) in [4.78, 5) is 23.6. The highest BCUT2D eigenvalue weighted by Gasteiger charge is 2.10. The molecule has 0 aliphatic rings. The van der Waals surface area contributed by atoms with E-state index in [0.717, 1.165) is 6.08 Å². The fourth-order valence-electron chi connectivity index (χ4n) is 2.19. The summed E-state index contributed by atoms with van der Waals surface area (Å²) in [5.74, 6) is -1.19. The quantitative estimate of drug-likeness (QED) is 0.795. The number of para-hydroxylation sites is 1. The van der Waals surface area contributed by atoms with Gasteiger partial charge in [0.25, 0.3) is 0 Å². The molecule has 2 amide bonds. The predicted molar refractivity (Wildman–Crippen MR) is 91.9 cm³/mol. The Bertz CT molecular complexity index is 856. The molecule has 0 unspecified atom stereocenters. The number of nitriles is 1. The summed E-state index contributed by atoms with van der Waals surface area (Å²) < 4.78 is 13.7. The van der Waals surface area contributed by atoms with E-state index in [2.05, 4.69) is 17.2 Å². The lowest BCUT2D eigenvalue weighted by Gasteiger charge is -2.11. The Balaban J connectivity index is 2.03. The van der Waals surface area contributed by atoms with Crippen LogP contribution in [0.15, 0.2) is 55.1 Å². The Kier molecular flexibility index (Phi) is 6.02. The average Bonchev–Trinajstić information content (AvgIpc) is 2.62. The standard InChI is InChI=1S/C19H16FN3O2/c1-2-18(24)23-17-6-4-3-5-14(17)10-19(25)22-12-15-9-13(11-21)7-8-16(15)20/h2-9H,1,10,12H2,(H,22,25)(H,23,24). The molecule has 2 aromatic rings. The SMILES string of the molecule is C=CC(=O)Nc1ccccc1CC(=O)NCc1cc(C#N)ccc1F. The molecule has 0 spiro atoms. The van der Waals surface area contributed by atoms with Gasteiger partial charge >= 0.3 is 0 Å². The summed E-state index contributed by atoms with van der Waals surface area (Å²) in [7, 11) is 0. The minimum atomic E-state index is -0.488. The third kappa shape index (κ3) is 5.01.